The van der Waals surface area contributed by atoms with E-state index in [1.54, 1.807) is 0 Å². The number of aliphatic hydroxyl groups is 2. The number of aliphatic hydroxyl groups excluding tert-OH is 2. The number of hydrogen-bond donors (Lipinski definition) is 2. The van der Waals surface area contributed by atoms with Crippen LogP contribution in [0.25, 0.3) is 0 Å². The van der Waals surface area contributed by atoms with E-state index in [9.17, 15) is 0 Å². The van der Waals surface area contributed by atoms with Gasteiger partial charge in [0.2, 0.25) is 0 Å². The highest BCUT2D eigenvalue weighted by Crippen LogP contribution is 2.16. The molecule has 2 nitrogen and oxygen atoms in total. The van der Waals surface area contributed by atoms with Crippen LogP contribution in [0.5, 0.6) is 0 Å². The summed E-state index contributed by atoms with van der Waals surface area (Å²) in [6, 6.07) is 0. The quantitative estimate of drug-likeness (QED) is 0.443. The molecule has 84 valence electrons. The van der Waals surface area contributed by atoms with Crippen molar-refractivity contribution in [3.05, 3.63) is 12.2 Å². The molecule has 0 heterocycles. The highest BCUT2D eigenvalue weighted by molar-refractivity contribution is 4.95. The first-order valence-electron chi connectivity index (χ1n) is 5.62. The lowest BCUT2D eigenvalue weighted by atomic mass is 9.97. The number of allylic oxidation sites excluding steroid dienone is 1. The molecule has 0 aromatic carbocycles. The average Bonchev–Trinajstić information content (AvgIpc) is 2.21. The minimum atomic E-state index is -0.00586. The smallest absolute Gasteiger partial charge is 0.0484 e. The first-order chi connectivity index (χ1) is 6.74. The van der Waals surface area contributed by atoms with Crippen molar-refractivity contribution in [2.45, 2.75) is 45.4 Å². The molecule has 0 bridgehead atoms. The van der Waals surface area contributed by atoms with Crippen LogP contribution < -0.4 is 0 Å². The Labute approximate surface area is 87.7 Å². The molecule has 0 radical (unpaired) electrons. The van der Waals surface area contributed by atoms with E-state index >= 15 is 0 Å². The third-order valence-corrected chi connectivity index (χ3v) is 2.48. The molecular weight excluding hydrogens is 176 g/mol. The minimum Gasteiger partial charge on any atom is -0.396 e. The first-order valence-corrected chi connectivity index (χ1v) is 5.62. The Bertz CT molecular complexity index is 139. The van der Waals surface area contributed by atoms with Gasteiger partial charge in [0.15, 0.2) is 0 Å². The van der Waals surface area contributed by atoms with Crippen molar-refractivity contribution in [3.63, 3.8) is 0 Å². The van der Waals surface area contributed by atoms with Gasteiger partial charge in [-0.05, 0) is 19.3 Å². The van der Waals surface area contributed by atoms with E-state index in [-0.39, 0.29) is 19.1 Å². The molecule has 14 heavy (non-hydrogen) atoms. The zero-order valence-corrected chi connectivity index (χ0v) is 9.34. The van der Waals surface area contributed by atoms with Gasteiger partial charge < -0.3 is 10.2 Å². The van der Waals surface area contributed by atoms with Gasteiger partial charge in [-0.1, -0.05) is 38.3 Å². The molecule has 0 fully saturated rings. The number of hydrogen-bond acceptors (Lipinski definition) is 2. The monoisotopic (exact) mass is 200 g/mol. The fraction of sp³-hybridized carbons (Fsp3) is 0.833. The van der Waals surface area contributed by atoms with Gasteiger partial charge in [-0.15, -0.1) is 0 Å². The second-order valence-electron chi connectivity index (χ2n) is 4.00. The molecule has 0 aliphatic carbocycles. The van der Waals surface area contributed by atoms with Crippen LogP contribution in [-0.4, -0.2) is 23.4 Å². The third-order valence-electron chi connectivity index (χ3n) is 2.48. The second-order valence-corrected chi connectivity index (χ2v) is 4.00. The first kappa shape index (κ1) is 13.7. The molecule has 2 N–H and O–H groups in total. The van der Waals surface area contributed by atoms with Gasteiger partial charge in [0.1, 0.15) is 0 Å². The van der Waals surface area contributed by atoms with Gasteiger partial charge >= 0.3 is 0 Å². The fourth-order valence-electron chi connectivity index (χ4n) is 1.50. The summed E-state index contributed by atoms with van der Waals surface area (Å²) in [5, 5.41) is 17.8. The number of unbranched alkanes of at least 4 members (excludes halogenated alkanes) is 3. The standard InChI is InChI=1S/C12H24O2/c1-3-4-5-6-7-11(2)8-12(9-13)10-14/h12-14H,2-10H2,1H3. The van der Waals surface area contributed by atoms with Gasteiger partial charge in [-0.25, -0.2) is 0 Å². The predicted molar refractivity (Wildman–Crippen MR) is 60.2 cm³/mol. The zero-order chi connectivity index (χ0) is 10.8. The van der Waals surface area contributed by atoms with E-state index in [1.807, 2.05) is 0 Å². The molecule has 0 amide bonds. The molecular formula is C12H24O2. The molecule has 2 heteroatoms. The molecule has 0 atom stereocenters. The number of rotatable bonds is 9. The predicted octanol–water partition coefficient (Wildman–Crippen LogP) is 2.50. The van der Waals surface area contributed by atoms with Gasteiger partial charge in [-0.2, -0.15) is 0 Å². The zero-order valence-electron chi connectivity index (χ0n) is 9.34. The highest BCUT2D eigenvalue weighted by atomic mass is 16.3. The Kier molecular flexibility index (Phi) is 9.00. The summed E-state index contributed by atoms with van der Waals surface area (Å²) in [6.45, 7) is 6.28. The Morgan fingerprint density at radius 1 is 1.14 bits per heavy atom. The van der Waals surface area contributed by atoms with Crippen LogP contribution in [0.15, 0.2) is 12.2 Å². The summed E-state index contributed by atoms with van der Waals surface area (Å²) < 4.78 is 0. The highest BCUT2D eigenvalue weighted by Gasteiger charge is 2.07. The van der Waals surface area contributed by atoms with Gasteiger partial charge in [0, 0.05) is 19.1 Å². The van der Waals surface area contributed by atoms with Gasteiger partial charge in [0.25, 0.3) is 0 Å². The molecule has 0 unspecified atom stereocenters. The topological polar surface area (TPSA) is 40.5 Å². The third kappa shape index (κ3) is 7.10. The van der Waals surface area contributed by atoms with E-state index in [0.29, 0.717) is 0 Å². The molecule has 0 rings (SSSR count). The van der Waals surface area contributed by atoms with Crippen LogP contribution in [0, 0.1) is 5.92 Å². The largest absolute Gasteiger partial charge is 0.396 e. The van der Waals surface area contributed by atoms with Gasteiger partial charge in [0.05, 0.1) is 0 Å². The van der Waals surface area contributed by atoms with Crippen molar-refractivity contribution in [1.82, 2.24) is 0 Å². The SMILES string of the molecule is C=C(CCCCCC)CC(CO)CO. The van der Waals surface area contributed by atoms with Gasteiger partial charge in [-0.3, -0.25) is 0 Å². The van der Waals surface area contributed by atoms with E-state index < -0.39 is 0 Å². The summed E-state index contributed by atoms with van der Waals surface area (Å²) in [4.78, 5) is 0. The van der Waals surface area contributed by atoms with E-state index in [2.05, 4.69) is 13.5 Å². The second kappa shape index (κ2) is 9.22. The molecule has 0 aromatic heterocycles. The summed E-state index contributed by atoms with van der Waals surface area (Å²) in [7, 11) is 0. The molecule has 0 saturated heterocycles. The van der Waals surface area contributed by atoms with Crippen LogP contribution >= 0.6 is 0 Å². The molecule has 0 spiro atoms. The molecule has 0 aromatic rings. The van der Waals surface area contributed by atoms with E-state index in [0.717, 1.165) is 18.4 Å². The Hall–Kier alpha value is -0.340. The maximum Gasteiger partial charge on any atom is 0.0484 e. The van der Waals surface area contributed by atoms with Crippen molar-refractivity contribution >= 4 is 0 Å². The minimum absolute atomic E-state index is 0.00586. The summed E-state index contributed by atoms with van der Waals surface area (Å²) in [5.41, 5.74) is 1.16. The van der Waals surface area contributed by atoms with Crippen LogP contribution in [0.2, 0.25) is 0 Å². The lowest BCUT2D eigenvalue weighted by Crippen LogP contribution is -2.11. The lowest BCUT2D eigenvalue weighted by Gasteiger charge is -2.12. The molecule has 0 aliphatic rings. The van der Waals surface area contributed by atoms with Crippen molar-refractivity contribution in [2.75, 3.05) is 13.2 Å². The van der Waals surface area contributed by atoms with Crippen LogP contribution in [0.3, 0.4) is 0 Å². The maximum absolute atomic E-state index is 8.88. The fourth-order valence-corrected chi connectivity index (χ4v) is 1.50. The van der Waals surface area contributed by atoms with Crippen molar-refractivity contribution < 1.29 is 10.2 Å². The summed E-state index contributed by atoms with van der Waals surface area (Å²) in [5.74, 6) is -0.00586. The van der Waals surface area contributed by atoms with Crippen LogP contribution in [-0.2, 0) is 0 Å². The van der Waals surface area contributed by atoms with E-state index in [1.165, 1.54) is 25.7 Å². The van der Waals surface area contributed by atoms with Crippen LogP contribution in [0.4, 0.5) is 0 Å². The van der Waals surface area contributed by atoms with E-state index in [4.69, 9.17) is 10.2 Å². The maximum atomic E-state index is 8.88. The van der Waals surface area contributed by atoms with Crippen molar-refractivity contribution in [3.8, 4) is 0 Å². The normalized spacial score (nSPS) is 10.9. The van der Waals surface area contributed by atoms with Crippen LogP contribution in [0.1, 0.15) is 45.4 Å². The van der Waals surface area contributed by atoms with Crippen molar-refractivity contribution in [1.29, 1.82) is 0 Å². The molecule has 0 saturated carbocycles. The van der Waals surface area contributed by atoms with Crippen molar-refractivity contribution in [2.24, 2.45) is 5.92 Å². The Balaban J connectivity index is 3.44. The average molecular weight is 200 g/mol. The summed E-state index contributed by atoms with van der Waals surface area (Å²) >= 11 is 0. The lowest BCUT2D eigenvalue weighted by molar-refractivity contribution is 0.149. The summed E-state index contributed by atoms with van der Waals surface area (Å²) in [6.07, 6.45) is 6.80. The molecule has 0 aliphatic heterocycles. The Morgan fingerprint density at radius 2 is 1.79 bits per heavy atom. The Morgan fingerprint density at radius 3 is 2.29 bits per heavy atom.